The summed E-state index contributed by atoms with van der Waals surface area (Å²) in [6, 6.07) is 0.576. The second-order valence-corrected chi connectivity index (χ2v) is 4.89. The van der Waals surface area contributed by atoms with Crippen LogP contribution in [0.3, 0.4) is 0 Å². The van der Waals surface area contributed by atoms with Crippen LogP contribution < -0.4 is 5.73 Å². The van der Waals surface area contributed by atoms with Crippen molar-refractivity contribution in [2.24, 2.45) is 5.73 Å². The van der Waals surface area contributed by atoms with Crippen molar-refractivity contribution in [2.75, 3.05) is 13.1 Å². The smallest absolute Gasteiger partial charge is 0.213 e. The zero-order valence-corrected chi connectivity index (χ0v) is 10.0. The molecule has 1 unspecified atom stereocenters. The molecule has 5 nitrogen and oxygen atoms in total. The van der Waals surface area contributed by atoms with E-state index < -0.39 is 5.54 Å². The third-order valence-corrected chi connectivity index (χ3v) is 3.45. The molecule has 0 radical (unpaired) electrons. The van der Waals surface area contributed by atoms with E-state index in [4.69, 9.17) is 10.3 Å². The highest BCUT2D eigenvalue weighted by Gasteiger charge is 2.34. The summed E-state index contributed by atoms with van der Waals surface area (Å²) in [5.41, 5.74) is 5.97. The van der Waals surface area contributed by atoms with Crippen LogP contribution in [0.15, 0.2) is 10.9 Å². The minimum absolute atomic E-state index is 0.406. The lowest BCUT2D eigenvalue weighted by Gasteiger charge is -2.26. The number of hydrogen-bond donors (Lipinski definition) is 1. The van der Waals surface area contributed by atoms with E-state index in [1.807, 2.05) is 0 Å². The van der Waals surface area contributed by atoms with Gasteiger partial charge in [-0.2, -0.15) is 4.98 Å². The average Bonchev–Trinajstić information content (AvgIpc) is 2.70. The molecule has 0 spiro atoms. The fourth-order valence-electron chi connectivity index (χ4n) is 2.31. The Morgan fingerprint density at radius 3 is 2.88 bits per heavy atom. The summed E-state index contributed by atoms with van der Waals surface area (Å²) in [6.07, 6.45) is 4.26. The van der Waals surface area contributed by atoms with Crippen LogP contribution in [0, 0.1) is 0 Å². The van der Waals surface area contributed by atoms with E-state index in [0.29, 0.717) is 11.9 Å². The first-order chi connectivity index (χ1) is 7.62. The SMILES string of the molecule is CC(C)N1CCCC(N)(c2ncon2)CC1. The highest BCUT2D eigenvalue weighted by molar-refractivity contribution is 5.03. The first kappa shape index (κ1) is 11.5. The molecule has 2 N–H and O–H groups in total. The van der Waals surface area contributed by atoms with Gasteiger partial charge in [-0.15, -0.1) is 0 Å². The van der Waals surface area contributed by atoms with Crippen molar-refractivity contribution in [3.05, 3.63) is 12.2 Å². The molecule has 0 bridgehead atoms. The van der Waals surface area contributed by atoms with Gasteiger partial charge in [0.2, 0.25) is 6.39 Å². The Kier molecular flexibility index (Phi) is 3.25. The number of hydrogen-bond acceptors (Lipinski definition) is 5. The van der Waals surface area contributed by atoms with Crippen LogP contribution >= 0.6 is 0 Å². The van der Waals surface area contributed by atoms with Gasteiger partial charge in [0, 0.05) is 12.6 Å². The number of likely N-dealkylation sites (tertiary alicyclic amines) is 1. The summed E-state index contributed by atoms with van der Waals surface area (Å²) in [6.45, 7) is 6.55. The zero-order chi connectivity index (χ0) is 11.6. The molecule has 2 heterocycles. The van der Waals surface area contributed by atoms with E-state index in [2.05, 4.69) is 28.9 Å². The van der Waals surface area contributed by atoms with E-state index in [1.54, 1.807) is 0 Å². The van der Waals surface area contributed by atoms with Crippen LogP contribution in [0.1, 0.15) is 38.9 Å². The maximum absolute atomic E-state index is 6.38. The maximum Gasteiger partial charge on any atom is 0.213 e. The molecule has 16 heavy (non-hydrogen) atoms. The quantitative estimate of drug-likeness (QED) is 0.815. The van der Waals surface area contributed by atoms with E-state index in [9.17, 15) is 0 Å². The topological polar surface area (TPSA) is 68.2 Å². The fourth-order valence-corrected chi connectivity index (χ4v) is 2.31. The normalized spacial score (nSPS) is 28.2. The minimum Gasteiger partial charge on any atom is -0.343 e. The van der Waals surface area contributed by atoms with Crippen molar-refractivity contribution in [1.29, 1.82) is 0 Å². The molecule has 1 aliphatic heterocycles. The monoisotopic (exact) mass is 224 g/mol. The van der Waals surface area contributed by atoms with Crippen molar-refractivity contribution in [2.45, 2.75) is 44.7 Å². The molecule has 1 fully saturated rings. The predicted octanol–water partition coefficient (Wildman–Crippen LogP) is 1.12. The first-order valence-electron chi connectivity index (χ1n) is 5.91. The molecule has 1 aliphatic rings. The highest BCUT2D eigenvalue weighted by Crippen LogP contribution is 2.28. The summed E-state index contributed by atoms with van der Waals surface area (Å²) >= 11 is 0. The third kappa shape index (κ3) is 2.25. The molecule has 90 valence electrons. The second-order valence-electron chi connectivity index (χ2n) is 4.89. The summed E-state index contributed by atoms with van der Waals surface area (Å²) in [5, 5.41) is 3.89. The number of rotatable bonds is 2. The van der Waals surface area contributed by atoms with Gasteiger partial charge in [0.1, 0.15) is 0 Å². The largest absolute Gasteiger partial charge is 0.343 e. The van der Waals surface area contributed by atoms with Crippen molar-refractivity contribution in [3.63, 3.8) is 0 Å². The van der Waals surface area contributed by atoms with E-state index in [0.717, 1.165) is 32.4 Å². The van der Waals surface area contributed by atoms with Crippen LogP contribution in [0.25, 0.3) is 0 Å². The molecule has 1 aromatic rings. The molecule has 2 rings (SSSR count). The van der Waals surface area contributed by atoms with E-state index in [1.165, 1.54) is 6.39 Å². The Morgan fingerprint density at radius 2 is 2.25 bits per heavy atom. The van der Waals surface area contributed by atoms with Crippen molar-refractivity contribution in [1.82, 2.24) is 15.0 Å². The van der Waals surface area contributed by atoms with Crippen LogP contribution in [0.4, 0.5) is 0 Å². The molecule has 0 saturated carbocycles. The Hall–Kier alpha value is -0.940. The number of aromatic nitrogens is 2. The van der Waals surface area contributed by atoms with Gasteiger partial charge in [0.25, 0.3) is 0 Å². The van der Waals surface area contributed by atoms with Crippen LogP contribution in [-0.4, -0.2) is 34.2 Å². The molecule has 5 heteroatoms. The van der Waals surface area contributed by atoms with Gasteiger partial charge in [0.15, 0.2) is 5.82 Å². The molecular weight excluding hydrogens is 204 g/mol. The van der Waals surface area contributed by atoms with Gasteiger partial charge >= 0.3 is 0 Å². The maximum atomic E-state index is 6.38. The van der Waals surface area contributed by atoms with Crippen LogP contribution in [-0.2, 0) is 5.54 Å². The number of nitrogens with zero attached hydrogens (tertiary/aromatic N) is 3. The standard InChI is InChI=1S/C11H20N4O/c1-9(2)15-6-3-4-11(12,5-7-15)10-13-8-16-14-10/h8-9H,3-7,12H2,1-2H3. The lowest BCUT2D eigenvalue weighted by Crippen LogP contribution is -2.39. The molecule has 0 aromatic carbocycles. The molecule has 0 amide bonds. The molecule has 1 aromatic heterocycles. The zero-order valence-electron chi connectivity index (χ0n) is 10.0. The average molecular weight is 224 g/mol. The summed E-state index contributed by atoms with van der Waals surface area (Å²) in [7, 11) is 0. The van der Waals surface area contributed by atoms with Crippen molar-refractivity contribution < 1.29 is 4.52 Å². The second kappa shape index (κ2) is 4.51. The predicted molar refractivity (Wildman–Crippen MR) is 60.7 cm³/mol. The first-order valence-corrected chi connectivity index (χ1v) is 5.91. The van der Waals surface area contributed by atoms with Gasteiger partial charge in [0.05, 0.1) is 5.54 Å². The third-order valence-electron chi connectivity index (χ3n) is 3.45. The van der Waals surface area contributed by atoms with Gasteiger partial charge in [-0.3, -0.25) is 0 Å². The lowest BCUT2D eigenvalue weighted by atomic mass is 9.91. The Balaban J connectivity index is 2.08. The van der Waals surface area contributed by atoms with Gasteiger partial charge in [-0.05, 0) is 39.7 Å². The summed E-state index contributed by atoms with van der Waals surface area (Å²) in [4.78, 5) is 6.55. The summed E-state index contributed by atoms with van der Waals surface area (Å²) < 4.78 is 4.79. The molecule has 1 atom stereocenters. The Bertz CT molecular complexity index is 325. The Labute approximate surface area is 96.0 Å². The molecular formula is C11H20N4O. The highest BCUT2D eigenvalue weighted by atomic mass is 16.5. The van der Waals surface area contributed by atoms with Crippen LogP contribution in [0.5, 0.6) is 0 Å². The van der Waals surface area contributed by atoms with Crippen molar-refractivity contribution >= 4 is 0 Å². The summed E-state index contributed by atoms with van der Waals surface area (Å²) in [5.74, 6) is 0.651. The molecule has 0 aliphatic carbocycles. The van der Waals surface area contributed by atoms with Gasteiger partial charge < -0.3 is 15.2 Å². The number of nitrogens with two attached hydrogens (primary N) is 1. The minimum atomic E-state index is -0.406. The lowest BCUT2D eigenvalue weighted by molar-refractivity contribution is 0.223. The fraction of sp³-hybridized carbons (Fsp3) is 0.818. The van der Waals surface area contributed by atoms with Gasteiger partial charge in [-0.1, -0.05) is 5.16 Å². The van der Waals surface area contributed by atoms with Crippen molar-refractivity contribution in [3.8, 4) is 0 Å². The molecule has 1 saturated heterocycles. The Morgan fingerprint density at radius 1 is 1.44 bits per heavy atom. The van der Waals surface area contributed by atoms with Gasteiger partial charge in [-0.25, -0.2) is 0 Å². The van der Waals surface area contributed by atoms with Crippen LogP contribution in [0.2, 0.25) is 0 Å². The van der Waals surface area contributed by atoms with E-state index in [-0.39, 0.29) is 0 Å². The van der Waals surface area contributed by atoms with E-state index >= 15 is 0 Å².